The normalized spacial score (nSPS) is 19.2. The van der Waals surface area contributed by atoms with Gasteiger partial charge in [0, 0.05) is 24.2 Å². The molecule has 25 heavy (non-hydrogen) atoms. The fourth-order valence-electron chi connectivity index (χ4n) is 3.19. The fraction of sp³-hybridized carbons (Fsp3) is 0.368. The third-order valence-electron chi connectivity index (χ3n) is 4.60. The maximum atomic E-state index is 11.9. The lowest BCUT2D eigenvalue weighted by Crippen LogP contribution is -2.35. The van der Waals surface area contributed by atoms with E-state index in [-0.39, 0.29) is 17.5 Å². The van der Waals surface area contributed by atoms with Gasteiger partial charge in [0.15, 0.2) is 9.84 Å². The van der Waals surface area contributed by atoms with Crippen LogP contribution < -0.4 is 4.74 Å². The zero-order valence-electron chi connectivity index (χ0n) is 14.2. The minimum atomic E-state index is -2.94. The van der Waals surface area contributed by atoms with Crippen molar-refractivity contribution in [3.8, 4) is 5.75 Å². The van der Waals surface area contributed by atoms with Crippen molar-refractivity contribution in [2.24, 2.45) is 0 Å². The SMILES string of the molecule is COc1ccc(CN(Cc2ccccc2Cl)[C@H]2CCS(=O)(=O)C2)cc1. The molecule has 4 nitrogen and oxygen atoms in total. The summed E-state index contributed by atoms with van der Waals surface area (Å²) >= 11 is 6.31. The van der Waals surface area contributed by atoms with Crippen molar-refractivity contribution in [2.45, 2.75) is 25.6 Å². The molecule has 0 N–H and O–H groups in total. The van der Waals surface area contributed by atoms with Crippen LogP contribution in [0.15, 0.2) is 48.5 Å². The molecule has 1 aliphatic heterocycles. The molecule has 6 heteroatoms. The molecule has 0 aliphatic carbocycles. The van der Waals surface area contributed by atoms with E-state index in [0.29, 0.717) is 24.5 Å². The highest BCUT2D eigenvalue weighted by atomic mass is 35.5. The van der Waals surface area contributed by atoms with Gasteiger partial charge in [0.2, 0.25) is 0 Å². The number of hydrogen-bond acceptors (Lipinski definition) is 4. The van der Waals surface area contributed by atoms with Gasteiger partial charge in [-0.05, 0) is 35.7 Å². The Morgan fingerprint density at radius 2 is 1.84 bits per heavy atom. The second-order valence-corrected chi connectivity index (χ2v) is 9.04. The molecule has 2 aromatic carbocycles. The summed E-state index contributed by atoms with van der Waals surface area (Å²) in [5, 5.41) is 0.711. The molecular formula is C19H22ClNO3S. The Hall–Kier alpha value is -1.56. The lowest BCUT2D eigenvalue weighted by Gasteiger charge is -2.28. The summed E-state index contributed by atoms with van der Waals surface area (Å²) < 4.78 is 29.1. The molecule has 134 valence electrons. The third-order valence-corrected chi connectivity index (χ3v) is 6.72. The summed E-state index contributed by atoms with van der Waals surface area (Å²) in [5.41, 5.74) is 2.14. The van der Waals surface area contributed by atoms with Gasteiger partial charge in [-0.2, -0.15) is 0 Å². The van der Waals surface area contributed by atoms with Gasteiger partial charge in [-0.25, -0.2) is 8.42 Å². The van der Waals surface area contributed by atoms with Gasteiger partial charge < -0.3 is 4.74 Å². The molecule has 1 saturated heterocycles. The molecule has 0 unspecified atom stereocenters. The number of sulfone groups is 1. The smallest absolute Gasteiger partial charge is 0.151 e. The molecule has 0 amide bonds. The molecule has 0 radical (unpaired) electrons. The standard InChI is InChI=1S/C19H22ClNO3S/c1-24-18-8-6-15(7-9-18)12-21(17-10-11-25(22,23)14-17)13-16-4-2-3-5-19(16)20/h2-9,17H,10-14H2,1H3/t17-/m0/s1. The van der Waals surface area contributed by atoms with Crippen molar-refractivity contribution in [3.63, 3.8) is 0 Å². The van der Waals surface area contributed by atoms with Crippen LogP contribution in [0.5, 0.6) is 5.75 Å². The number of hydrogen-bond donors (Lipinski definition) is 0. The molecule has 2 aromatic rings. The number of halogens is 1. The van der Waals surface area contributed by atoms with Crippen LogP contribution in [0.25, 0.3) is 0 Å². The second kappa shape index (κ2) is 7.77. The Bertz CT molecular complexity index is 821. The first kappa shape index (κ1) is 18.2. The van der Waals surface area contributed by atoms with Crippen molar-refractivity contribution in [1.29, 1.82) is 0 Å². The molecule has 1 heterocycles. The van der Waals surface area contributed by atoms with Crippen molar-refractivity contribution < 1.29 is 13.2 Å². The summed E-state index contributed by atoms with van der Waals surface area (Å²) in [6.45, 7) is 1.31. The zero-order chi connectivity index (χ0) is 17.9. The van der Waals surface area contributed by atoms with E-state index in [1.165, 1.54) is 0 Å². The van der Waals surface area contributed by atoms with Crippen molar-refractivity contribution in [1.82, 2.24) is 4.90 Å². The van der Waals surface area contributed by atoms with Crippen molar-refractivity contribution >= 4 is 21.4 Å². The highest BCUT2D eigenvalue weighted by Gasteiger charge is 2.32. The summed E-state index contributed by atoms with van der Waals surface area (Å²) in [6.07, 6.45) is 0.670. The number of methoxy groups -OCH3 is 1. The van der Waals surface area contributed by atoms with Crippen LogP contribution in [-0.4, -0.2) is 38.0 Å². The molecule has 0 spiro atoms. The van der Waals surface area contributed by atoms with E-state index >= 15 is 0 Å². The van der Waals surface area contributed by atoms with Gasteiger partial charge in [0.05, 0.1) is 18.6 Å². The average Bonchev–Trinajstić information content (AvgIpc) is 2.97. The number of benzene rings is 2. The summed E-state index contributed by atoms with van der Waals surface area (Å²) in [5.74, 6) is 1.29. The Kier molecular flexibility index (Phi) is 5.67. The fourth-order valence-corrected chi connectivity index (χ4v) is 5.15. The van der Waals surface area contributed by atoms with Crippen LogP contribution in [0.2, 0.25) is 5.02 Å². The molecule has 0 aromatic heterocycles. The summed E-state index contributed by atoms with van der Waals surface area (Å²) in [6, 6.07) is 15.6. The molecular weight excluding hydrogens is 358 g/mol. The van der Waals surface area contributed by atoms with Crippen LogP contribution in [0, 0.1) is 0 Å². The Labute approximate surface area is 154 Å². The highest BCUT2D eigenvalue weighted by molar-refractivity contribution is 7.91. The van der Waals surface area contributed by atoms with E-state index in [9.17, 15) is 8.42 Å². The molecule has 0 saturated carbocycles. The Morgan fingerprint density at radius 3 is 2.44 bits per heavy atom. The number of ether oxygens (including phenoxy) is 1. The Morgan fingerprint density at radius 1 is 1.12 bits per heavy atom. The first-order chi connectivity index (χ1) is 12.0. The Balaban J connectivity index is 1.82. The maximum Gasteiger partial charge on any atom is 0.151 e. The predicted octanol–water partition coefficient (Wildman–Crippen LogP) is 3.54. The van der Waals surface area contributed by atoms with Crippen molar-refractivity contribution in [3.05, 3.63) is 64.7 Å². The molecule has 0 bridgehead atoms. The quantitative estimate of drug-likeness (QED) is 0.770. The van der Waals surface area contributed by atoms with Crippen LogP contribution in [0.1, 0.15) is 17.5 Å². The van der Waals surface area contributed by atoms with Gasteiger partial charge in [-0.3, -0.25) is 4.90 Å². The van der Waals surface area contributed by atoms with E-state index in [2.05, 4.69) is 4.90 Å². The van der Waals surface area contributed by atoms with Gasteiger partial charge in [0.1, 0.15) is 5.75 Å². The lowest BCUT2D eigenvalue weighted by molar-refractivity contribution is 0.194. The van der Waals surface area contributed by atoms with E-state index in [1.807, 2.05) is 48.5 Å². The van der Waals surface area contributed by atoms with Crippen LogP contribution in [0.4, 0.5) is 0 Å². The minimum absolute atomic E-state index is 0.0170. The molecule has 1 fully saturated rings. The highest BCUT2D eigenvalue weighted by Crippen LogP contribution is 2.25. The van der Waals surface area contributed by atoms with E-state index < -0.39 is 9.84 Å². The van der Waals surface area contributed by atoms with Crippen LogP contribution >= 0.6 is 11.6 Å². The van der Waals surface area contributed by atoms with Gasteiger partial charge >= 0.3 is 0 Å². The minimum Gasteiger partial charge on any atom is -0.497 e. The number of rotatable bonds is 6. The van der Waals surface area contributed by atoms with Gasteiger partial charge in [-0.1, -0.05) is 41.9 Å². The van der Waals surface area contributed by atoms with Gasteiger partial charge in [-0.15, -0.1) is 0 Å². The van der Waals surface area contributed by atoms with E-state index in [4.69, 9.17) is 16.3 Å². The van der Waals surface area contributed by atoms with E-state index in [0.717, 1.165) is 16.9 Å². The zero-order valence-corrected chi connectivity index (χ0v) is 15.8. The molecule has 3 rings (SSSR count). The second-order valence-electron chi connectivity index (χ2n) is 6.40. The predicted molar refractivity (Wildman–Crippen MR) is 101 cm³/mol. The average molecular weight is 380 g/mol. The first-order valence-electron chi connectivity index (χ1n) is 8.28. The third kappa shape index (κ3) is 4.75. The lowest BCUT2D eigenvalue weighted by atomic mass is 10.1. The number of nitrogens with zero attached hydrogens (tertiary/aromatic N) is 1. The van der Waals surface area contributed by atoms with Crippen LogP contribution in [-0.2, 0) is 22.9 Å². The van der Waals surface area contributed by atoms with Gasteiger partial charge in [0.25, 0.3) is 0 Å². The maximum absolute atomic E-state index is 11.9. The van der Waals surface area contributed by atoms with E-state index in [1.54, 1.807) is 7.11 Å². The first-order valence-corrected chi connectivity index (χ1v) is 10.5. The monoisotopic (exact) mass is 379 g/mol. The molecule has 1 atom stereocenters. The summed E-state index contributed by atoms with van der Waals surface area (Å²) in [4.78, 5) is 2.22. The topological polar surface area (TPSA) is 46.6 Å². The molecule has 1 aliphatic rings. The van der Waals surface area contributed by atoms with Crippen molar-refractivity contribution in [2.75, 3.05) is 18.6 Å². The summed E-state index contributed by atoms with van der Waals surface area (Å²) in [7, 11) is -1.30. The largest absolute Gasteiger partial charge is 0.497 e. The van der Waals surface area contributed by atoms with Crippen LogP contribution in [0.3, 0.4) is 0 Å².